The number of fused-ring (bicyclic) bond motifs is 3. The van der Waals surface area contributed by atoms with Crippen molar-refractivity contribution in [1.29, 1.82) is 0 Å². The van der Waals surface area contributed by atoms with Crippen LogP contribution in [0.1, 0.15) is 0 Å². The first kappa shape index (κ1) is 36.8. The van der Waals surface area contributed by atoms with E-state index in [1.807, 2.05) is 0 Å². The van der Waals surface area contributed by atoms with Crippen LogP contribution in [0.4, 0.5) is 17.1 Å². The molecule has 1 aromatic heterocycles. The maximum absolute atomic E-state index is 2.44. The molecule has 10 aromatic carbocycles. The van der Waals surface area contributed by atoms with Gasteiger partial charge in [-0.05, 0) is 111 Å². The normalized spacial score (nSPS) is 11.2. The molecule has 1 heterocycles. The van der Waals surface area contributed by atoms with Gasteiger partial charge in [0.25, 0.3) is 0 Å². The number of hydrogen-bond acceptors (Lipinski definition) is 1. The molecule has 0 saturated carbocycles. The Morgan fingerprint density at radius 3 is 1.39 bits per heavy atom. The zero-order valence-corrected chi connectivity index (χ0v) is 34.1. The lowest BCUT2D eigenvalue weighted by Gasteiger charge is -2.29. The molecule has 0 aliphatic heterocycles. The number of benzene rings is 10. The molecule has 11 rings (SSSR count). The third-order valence-corrected chi connectivity index (χ3v) is 12.0. The highest BCUT2D eigenvalue weighted by Crippen LogP contribution is 2.46. The molecule has 2 heteroatoms. The summed E-state index contributed by atoms with van der Waals surface area (Å²) in [5, 5.41) is 2.47. The highest BCUT2D eigenvalue weighted by Gasteiger charge is 2.21. The molecule has 0 spiro atoms. The Morgan fingerprint density at radius 1 is 0.258 bits per heavy atom. The predicted octanol–water partition coefficient (Wildman–Crippen LogP) is 16.6. The van der Waals surface area contributed by atoms with Gasteiger partial charge < -0.3 is 9.47 Å². The lowest BCUT2D eigenvalue weighted by atomic mass is 9.88. The van der Waals surface area contributed by atoms with Gasteiger partial charge in [0, 0.05) is 33.4 Å². The van der Waals surface area contributed by atoms with Crippen LogP contribution >= 0.6 is 0 Å². The van der Waals surface area contributed by atoms with Gasteiger partial charge in [-0.2, -0.15) is 0 Å². The summed E-state index contributed by atoms with van der Waals surface area (Å²) in [5.74, 6) is 0. The summed E-state index contributed by atoms with van der Waals surface area (Å²) in [4.78, 5) is 2.44. The van der Waals surface area contributed by atoms with Gasteiger partial charge >= 0.3 is 0 Å². The van der Waals surface area contributed by atoms with E-state index in [9.17, 15) is 0 Å². The zero-order chi connectivity index (χ0) is 41.2. The second kappa shape index (κ2) is 16.1. The van der Waals surface area contributed by atoms with Gasteiger partial charge in [-0.3, -0.25) is 0 Å². The minimum Gasteiger partial charge on any atom is -0.310 e. The fraction of sp³-hybridized carbons (Fsp3) is 0. The lowest BCUT2D eigenvalue weighted by molar-refractivity contribution is 1.18. The molecule has 62 heavy (non-hydrogen) atoms. The van der Waals surface area contributed by atoms with E-state index in [0.29, 0.717) is 0 Å². The molecule has 0 N–H and O–H groups in total. The molecule has 0 aliphatic carbocycles. The monoisotopic (exact) mass is 790 g/mol. The van der Waals surface area contributed by atoms with Crippen molar-refractivity contribution in [3.05, 3.63) is 255 Å². The number of anilines is 3. The van der Waals surface area contributed by atoms with Crippen LogP contribution in [0.2, 0.25) is 0 Å². The van der Waals surface area contributed by atoms with Crippen molar-refractivity contribution < 1.29 is 0 Å². The number of rotatable bonds is 9. The SMILES string of the molecule is c1ccc(-c2cccc(N(c3cccc(-c4ccc5c(c4)c4ccccc4n5-c4ccccc4)c3)c3ccccc3-c3ccccc3-c3ccccc3-c3ccccc3)c2)cc1. The summed E-state index contributed by atoms with van der Waals surface area (Å²) in [6.07, 6.45) is 0. The van der Waals surface area contributed by atoms with Crippen molar-refractivity contribution in [3.63, 3.8) is 0 Å². The first-order valence-electron chi connectivity index (χ1n) is 21.3. The van der Waals surface area contributed by atoms with E-state index in [4.69, 9.17) is 0 Å². The maximum atomic E-state index is 2.44. The predicted molar refractivity (Wildman–Crippen MR) is 263 cm³/mol. The van der Waals surface area contributed by atoms with Gasteiger partial charge in [-0.1, -0.05) is 194 Å². The molecular formula is C60H42N2. The Kier molecular flexibility index (Phi) is 9.57. The van der Waals surface area contributed by atoms with Gasteiger partial charge in [-0.15, -0.1) is 0 Å². The van der Waals surface area contributed by atoms with E-state index >= 15 is 0 Å². The standard InChI is InChI=1S/C60H42N2/c1-4-20-43(21-5-1)45-24-18-28-49(40-45)61(58-36-16-14-34-55(58)54-33-13-12-32-53(54)52-31-11-10-30-51(52)44-22-6-2-7-23-44)50-29-19-25-46(41-50)47-38-39-60-57(42-47)56-35-15-17-37-59(56)62(60)48-26-8-3-9-27-48/h1-42H. The van der Waals surface area contributed by atoms with Crippen LogP contribution in [0.15, 0.2) is 255 Å². The molecule has 2 nitrogen and oxygen atoms in total. The second-order valence-electron chi connectivity index (χ2n) is 15.7. The lowest BCUT2D eigenvalue weighted by Crippen LogP contribution is -2.11. The summed E-state index contributed by atoms with van der Waals surface area (Å²) in [7, 11) is 0. The van der Waals surface area contributed by atoms with Crippen molar-refractivity contribution in [2.75, 3.05) is 4.90 Å². The molecule has 0 aliphatic rings. The molecule has 0 saturated heterocycles. The molecule has 0 radical (unpaired) electrons. The fourth-order valence-corrected chi connectivity index (χ4v) is 9.15. The van der Waals surface area contributed by atoms with Crippen LogP contribution in [0.3, 0.4) is 0 Å². The summed E-state index contributed by atoms with van der Waals surface area (Å²) in [6, 6.07) is 92.1. The number of aromatic nitrogens is 1. The van der Waals surface area contributed by atoms with Crippen LogP contribution in [0.25, 0.3) is 83.1 Å². The van der Waals surface area contributed by atoms with Crippen molar-refractivity contribution in [2.24, 2.45) is 0 Å². The number of hydrogen-bond donors (Lipinski definition) is 0. The van der Waals surface area contributed by atoms with Gasteiger partial charge in [-0.25, -0.2) is 0 Å². The van der Waals surface area contributed by atoms with E-state index in [1.54, 1.807) is 0 Å². The molecule has 292 valence electrons. The Balaban J connectivity index is 1.09. The first-order valence-corrected chi connectivity index (χ1v) is 21.3. The topological polar surface area (TPSA) is 8.17 Å². The van der Waals surface area contributed by atoms with Crippen LogP contribution in [0, 0.1) is 0 Å². The number of para-hydroxylation sites is 3. The maximum Gasteiger partial charge on any atom is 0.0541 e. The quantitative estimate of drug-likeness (QED) is 0.141. The minimum absolute atomic E-state index is 1.08. The third kappa shape index (κ3) is 6.74. The summed E-state index contributed by atoms with van der Waals surface area (Å²) >= 11 is 0. The van der Waals surface area contributed by atoms with E-state index in [1.165, 1.54) is 66.3 Å². The van der Waals surface area contributed by atoms with Crippen molar-refractivity contribution >= 4 is 38.9 Å². The highest BCUT2D eigenvalue weighted by molar-refractivity contribution is 6.10. The largest absolute Gasteiger partial charge is 0.310 e. The first-order chi connectivity index (χ1) is 30.8. The Morgan fingerprint density at radius 2 is 0.710 bits per heavy atom. The summed E-state index contributed by atoms with van der Waals surface area (Å²) in [6.45, 7) is 0. The van der Waals surface area contributed by atoms with E-state index in [0.717, 1.165) is 33.9 Å². The average molecular weight is 791 g/mol. The zero-order valence-electron chi connectivity index (χ0n) is 34.1. The average Bonchev–Trinajstić information content (AvgIpc) is 3.69. The summed E-state index contributed by atoms with van der Waals surface area (Å²) in [5.41, 5.74) is 18.6. The number of nitrogens with zero attached hydrogens (tertiary/aromatic N) is 2. The molecule has 0 unspecified atom stereocenters. The Labute approximate surface area is 362 Å². The van der Waals surface area contributed by atoms with Crippen molar-refractivity contribution in [3.8, 4) is 61.3 Å². The van der Waals surface area contributed by atoms with Crippen molar-refractivity contribution in [2.45, 2.75) is 0 Å². The minimum atomic E-state index is 1.08. The van der Waals surface area contributed by atoms with Gasteiger partial charge in [0.15, 0.2) is 0 Å². The van der Waals surface area contributed by atoms with Gasteiger partial charge in [0.1, 0.15) is 0 Å². The van der Waals surface area contributed by atoms with Gasteiger partial charge in [0.2, 0.25) is 0 Å². The Bertz CT molecular complexity index is 3350. The van der Waals surface area contributed by atoms with Crippen LogP contribution in [0.5, 0.6) is 0 Å². The van der Waals surface area contributed by atoms with E-state index < -0.39 is 0 Å². The van der Waals surface area contributed by atoms with Crippen LogP contribution in [-0.4, -0.2) is 4.57 Å². The second-order valence-corrected chi connectivity index (χ2v) is 15.7. The van der Waals surface area contributed by atoms with Crippen molar-refractivity contribution in [1.82, 2.24) is 4.57 Å². The molecule has 11 aromatic rings. The van der Waals surface area contributed by atoms with E-state index in [-0.39, 0.29) is 0 Å². The van der Waals surface area contributed by atoms with Gasteiger partial charge in [0.05, 0.1) is 16.7 Å². The molecular weight excluding hydrogens is 749 g/mol. The smallest absolute Gasteiger partial charge is 0.0541 e. The Hall–Kier alpha value is -8.20. The third-order valence-electron chi connectivity index (χ3n) is 12.0. The molecule has 0 fully saturated rings. The molecule has 0 bridgehead atoms. The highest BCUT2D eigenvalue weighted by atomic mass is 15.1. The fourth-order valence-electron chi connectivity index (χ4n) is 9.15. The summed E-state index contributed by atoms with van der Waals surface area (Å²) < 4.78 is 2.37. The van der Waals surface area contributed by atoms with E-state index in [2.05, 4.69) is 264 Å². The van der Waals surface area contributed by atoms with Crippen LogP contribution in [-0.2, 0) is 0 Å². The van der Waals surface area contributed by atoms with Crippen LogP contribution < -0.4 is 4.90 Å². The molecule has 0 amide bonds. The molecule has 0 atom stereocenters.